The molecule has 0 radical (unpaired) electrons. The van der Waals surface area contributed by atoms with Crippen molar-refractivity contribution in [1.82, 2.24) is 0 Å². The van der Waals surface area contributed by atoms with Gasteiger partial charge in [0.15, 0.2) is 3.57 Å². The van der Waals surface area contributed by atoms with E-state index in [9.17, 15) is 30.7 Å². The van der Waals surface area contributed by atoms with E-state index in [1.807, 2.05) is 0 Å². The van der Waals surface area contributed by atoms with Gasteiger partial charge in [-0.25, -0.2) is 0 Å². The van der Waals surface area contributed by atoms with E-state index in [4.69, 9.17) is 0 Å². The second-order valence-electron chi connectivity index (χ2n) is 2.96. The average molecular weight is 373 g/mol. The fourth-order valence-electron chi connectivity index (χ4n) is 0.896. The first-order valence-electron chi connectivity index (χ1n) is 4.11. The topological polar surface area (TPSA) is 0 Å². The van der Waals surface area contributed by atoms with Crippen LogP contribution in [-0.4, -0.2) is 16.0 Å². The maximum atomic E-state index is 13.3. The van der Waals surface area contributed by atoms with Crippen LogP contribution in [0.15, 0.2) is 30.3 Å². The molecule has 0 atom stereocenters. The Bertz CT molecular complexity index is 353. The molecule has 96 valence electrons. The molecule has 1 rings (SSSR count). The lowest BCUT2D eigenvalue weighted by atomic mass is 10.4. The Morgan fingerprint density at radius 3 is 1.47 bits per heavy atom. The zero-order valence-corrected chi connectivity index (χ0v) is 10.1. The number of hydrogen-bond acceptors (Lipinski definition) is 0. The highest BCUT2D eigenvalue weighted by Crippen LogP contribution is 2.39. The van der Waals surface area contributed by atoms with Gasteiger partial charge >= 0.3 is 37.2 Å². The maximum absolute atomic E-state index is 13.3. The van der Waals surface area contributed by atoms with Crippen molar-refractivity contribution in [3.63, 3.8) is 0 Å². The molecule has 0 aliphatic rings. The number of hydrogen-bond donors (Lipinski definition) is 0. The summed E-state index contributed by atoms with van der Waals surface area (Å²) in [5, 5.41) is 0. The summed E-state index contributed by atoms with van der Waals surface area (Å²) in [6.07, 6.45) is -11.9. The van der Waals surface area contributed by atoms with Gasteiger partial charge in [-0.1, -0.05) is 18.2 Å². The van der Waals surface area contributed by atoms with Crippen LogP contribution in [0.25, 0.3) is 0 Å². The minimum atomic E-state index is -5.95. The first-order valence-corrected chi connectivity index (χ1v) is 6.27. The number of halogens is 8. The monoisotopic (exact) mass is 373 g/mol. The molecule has 0 aromatic heterocycles. The lowest BCUT2D eigenvalue weighted by Gasteiger charge is -2.19. The standard InChI is InChI=1S/C9H5F7I/c10-7(8(11,12)13,9(14,15)16)17-6-4-2-1-3-5-6/h1-5H/q+1. The fraction of sp³-hybridized carbons (Fsp3) is 0.333. The van der Waals surface area contributed by atoms with Crippen LogP contribution in [0, 0.1) is 3.57 Å². The Kier molecular flexibility index (Phi) is 3.94. The van der Waals surface area contributed by atoms with Crippen molar-refractivity contribution < 1.29 is 51.9 Å². The first-order chi connectivity index (χ1) is 7.58. The third-order valence-corrected chi connectivity index (χ3v) is 4.99. The van der Waals surface area contributed by atoms with Crippen LogP contribution in [-0.2, 0) is 0 Å². The molecule has 0 nitrogen and oxygen atoms in total. The molecule has 0 bridgehead atoms. The van der Waals surface area contributed by atoms with Crippen molar-refractivity contribution in [2.75, 3.05) is 0 Å². The molecular formula is C9H5F7I+. The smallest absolute Gasteiger partial charge is 0.168 e. The van der Waals surface area contributed by atoms with Crippen molar-refractivity contribution in [2.24, 2.45) is 0 Å². The van der Waals surface area contributed by atoms with E-state index in [0.29, 0.717) is 0 Å². The van der Waals surface area contributed by atoms with Crippen molar-refractivity contribution in [1.29, 1.82) is 0 Å². The number of rotatable bonds is 2. The van der Waals surface area contributed by atoms with Gasteiger partial charge < -0.3 is 0 Å². The van der Waals surface area contributed by atoms with Gasteiger partial charge in [0.1, 0.15) is 0 Å². The molecule has 8 heteroatoms. The molecule has 0 aliphatic carbocycles. The summed E-state index contributed by atoms with van der Waals surface area (Å²) in [7, 11) is 0. The van der Waals surface area contributed by atoms with Crippen molar-refractivity contribution in [2.45, 2.75) is 16.0 Å². The van der Waals surface area contributed by atoms with Crippen molar-refractivity contribution in [3.8, 4) is 0 Å². The predicted molar refractivity (Wildman–Crippen MR) is 41.1 cm³/mol. The number of benzene rings is 1. The normalized spacial score (nSPS) is 13.8. The summed E-state index contributed by atoms with van der Waals surface area (Å²) in [5.41, 5.74) is 0. The summed E-state index contributed by atoms with van der Waals surface area (Å²) in [6, 6.07) is 6.07. The van der Waals surface area contributed by atoms with E-state index in [1.54, 1.807) is 0 Å². The Morgan fingerprint density at radius 2 is 1.12 bits per heavy atom. The maximum Gasteiger partial charge on any atom is 0.490 e. The third kappa shape index (κ3) is 3.02. The molecule has 0 saturated carbocycles. The molecule has 0 fully saturated rings. The predicted octanol–water partition coefficient (Wildman–Crippen LogP) is 0.736. The van der Waals surface area contributed by atoms with E-state index < -0.39 is 37.2 Å². The highest BCUT2D eigenvalue weighted by atomic mass is 127. The largest absolute Gasteiger partial charge is 0.490 e. The van der Waals surface area contributed by atoms with E-state index in [-0.39, 0.29) is 3.57 Å². The van der Waals surface area contributed by atoms with Crippen LogP contribution in [0.1, 0.15) is 0 Å². The summed E-state index contributed by atoms with van der Waals surface area (Å²) < 4.78 is 81.2. The van der Waals surface area contributed by atoms with Gasteiger partial charge in [-0.05, 0) is 12.1 Å². The van der Waals surface area contributed by atoms with E-state index >= 15 is 0 Å². The van der Waals surface area contributed by atoms with E-state index in [2.05, 4.69) is 0 Å². The SMILES string of the molecule is FC(F)(F)C(F)([I+]c1ccccc1)C(F)(F)F. The third-order valence-electron chi connectivity index (χ3n) is 1.68. The zero-order chi connectivity index (χ0) is 13.3. The second-order valence-corrected chi connectivity index (χ2v) is 6.23. The molecule has 1 aromatic carbocycles. The molecule has 0 unspecified atom stereocenters. The quantitative estimate of drug-likeness (QED) is 0.408. The van der Waals surface area contributed by atoms with Gasteiger partial charge in [0.2, 0.25) is 0 Å². The molecule has 0 aliphatic heterocycles. The van der Waals surface area contributed by atoms with E-state index in [1.165, 1.54) is 18.2 Å². The van der Waals surface area contributed by atoms with Crippen LogP contribution in [0.4, 0.5) is 30.7 Å². The second kappa shape index (κ2) is 4.62. The molecule has 17 heavy (non-hydrogen) atoms. The highest BCUT2D eigenvalue weighted by molar-refractivity contribution is 5.00. The van der Waals surface area contributed by atoms with Crippen LogP contribution in [0.3, 0.4) is 0 Å². The van der Waals surface area contributed by atoms with Crippen molar-refractivity contribution >= 4 is 0 Å². The molecule has 0 saturated heterocycles. The van der Waals surface area contributed by atoms with Crippen LogP contribution >= 0.6 is 0 Å². The fourth-order valence-corrected chi connectivity index (χ4v) is 3.14. The Morgan fingerprint density at radius 1 is 0.706 bits per heavy atom. The summed E-state index contributed by atoms with van der Waals surface area (Å²) in [6.45, 7) is 0. The highest BCUT2D eigenvalue weighted by Gasteiger charge is 2.83. The zero-order valence-electron chi connectivity index (χ0n) is 7.91. The first kappa shape index (κ1) is 14.5. The van der Waals surface area contributed by atoms with Crippen LogP contribution < -0.4 is 21.2 Å². The van der Waals surface area contributed by atoms with Crippen molar-refractivity contribution in [3.05, 3.63) is 33.9 Å². The molecule has 0 spiro atoms. The Hall–Kier alpha value is -0.540. The minimum absolute atomic E-state index is 0.261. The van der Waals surface area contributed by atoms with Gasteiger partial charge in [-0.15, -0.1) is 0 Å². The van der Waals surface area contributed by atoms with E-state index in [0.717, 1.165) is 12.1 Å². The molecule has 0 N–H and O–H groups in total. The Labute approximate surface area is 102 Å². The molecule has 0 amide bonds. The van der Waals surface area contributed by atoms with Crippen LogP contribution in [0.2, 0.25) is 0 Å². The molecular weight excluding hydrogens is 368 g/mol. The average Bonchev–Trinajstić information content (AvgIpc) is 2.15. The molecule has 1 aromatic rings. The Balaban J connectivity index is 3.11. The van der Waals surface area contributed by atoms with Gasteiger partial charge in [-0.2, -0.15) is 30.7 Å². The summed E-state index contributed by atoms with van der Waals surface area (Å²) >= 11 is -2.92. The summed E-state index contributed by atoms with van der Waals surface area (Å²) in [5.74, 6) is 0. The van der Waals surface area contributed by atoms with Crippen LogP contribution in [0.5, 0.6) is 0 Å². The number of alkyl halides is 8. The molecule has 0 heterocycles. The van der Waals surface area contributed by atoms with Gasteiger partial charge in [0.25, 0.3) is 0 Å². The van der Waals surface area contributed by atoms with Gasteiger partial charge in [0, 0.05) is 0 Å². The van der Waals surface area contributed by atoms with Gasteiger partial charge in [-0.3, -0.25) is 0 Å². The summed E-state index contributed by atoms with van der Waals surface area (Å²) in [4.78, 5) is 0. The minimum Gasteiger partial charge on any atom is -0.168 e. The lowest BCUT2D eigenvalue weighted by molar-refractivity contribution is -0.789. The lowest BCUT2D eigenvalue weighted by Crippen LogP contribution is -3.69. The van der Waals surface area contributed by atoms with Gasteiger partial charge in [0.05, 0.1) is 0 Å².